The van der Waals surface area contributed by atoms with E-state index >= 15 is 0 Å². The number of aromatic nitrogens is 3. The van der Waals surface area contributed by atoms with Crippen molar-refractivity contribution in [3.05, 3.63) is 95.1 Å². The molecular formula is C23H19FN4O. The van der Waals surface area contributed by atoms with E-state index in [1.807, 2.05) is 29.2 Å². The van der Waals surface area contributed by atoms with Gasteiger partial charge in [0, 0.05) is 19.3 Å². The van der Waals surface area contributed by atoms with Gasteiger partial charge < -0.3 is 4.90 Å². The smallest absolute Gasteiger partial charge is 0.275 e. The Bertz CT molecular complexity index is 1200. The van der Waals surface area contributed by atoms with Crippen molar-refractivity contribution in [3.8, 4) is 0 Å². The molecular weight excluding hydrogens is 367 g/mol. The van der Waals surface area contributed by atoms with Gasteiger partial charge in [-0.25, -0.2) is 14.1 Å². The van der Waals surface area contributed by atoms with E-state index in [2.05, 4.69) is 22.2 Å². The Hall–Kier alpha value is -3.54. The molecule has 4 aromatic rings. The van der Waals surface area contributed by atoms with Crippen LogP contribution in [0.3, 0.4) is 0 Å². The lowest BCUT2D eigenvalue weighted by atomic mass is 9.99. The second-order valence-electron chi connectivity index (χ2n) is 7.25. The zero-order chi connectivity index (χ0) is 19.8. The first-order valence-electron chi connectivity index (χ1n) is 9.61. The lowest BCUT2D eigenvalue weighted by Crippen LogP contribution is -2.36. The molecule has 1 amide bonds. The SMILES string of the molecule is O=C(c1nn(Cc2ccc(F)cc2)c2ncccc12)N1CCc2ccccc2C1. The van der Waals surface area contributed by atoms with E-state index in [0.717, 1.165) is 17.4 Å². The second-order valence-corrected chi connectivity index (χ2v) is 7.25. The van der Waals surface area contributed by atoms with Gasteiger partial charge in [-0.15, -0.1) is 0 Å². The topological polar surface area (TPSA) is 51.0 Å². The summed E-state index contributed by atoms with van der Waals surface area (Å²) in [5.74, 6) is -0.367. The highest BCUT2D eigenvalue weighted by Crippen LogP contribution is 2.23. The first-order chi connectivity index (χ1) is 14.2. The van der Waals surface area contributed by atoms with Crippen molar-refractivity contribution in [2.75, 3.05) is 6.54 Å². The predicted octanol–water partition coefficient (Wildman–Crippen LogP) is 3.82. The molecule has 144 valence electrons. The molecule has 2 aromatic carbocycles. The van der Waals surface area contributed by atoms with Crippen LogP contribution in [-0.2, 0) is 19.5 Å². The van der Waals surface area contributed by atoms with Crippen molar-refractivity contribution in [2.45, 2.75) is 19.5 Å². The number of hydrogen-bond donors (Lipinski definition) is 0. The fourth-order valence-corrected chi connectivity index (χ4v) is 3.86. The predicted molar refractivity (Wildman–Crippen MR) is 108 cm³/mol. The van der Waals surface area contributed by atoms with Crippen LogP contribution in [0.15, 0.2) is 66.9 Å². The van der Waals surface area contributed by atoms with Gasteiger partial charge >= 0.3 is 0 Å². The van der Waals surface area contributed by atoms with E-state index in [0.29, 0.717) is 31.0 Å². The van der Waals surface area contributed by atoms with E-state index in [9.17, 15) is 9.18 Å². The van der Waals surface area contributed by atoms with Gasteiger partial charge in [0.2, 0.25) is 0 Å². The van der Waals surface area contributed by atoms with Crippen LogP contribution in [0.2, 0.25) is 0 Å². The molecule has 1 aliphatic rings. The number of fused-ring (bicyclic) bond motifs is 2. The molecule has 0 bridgehead atoms. The maximum Gasteiger partial charge on any atom is 0.275 e. The molecule has 0 atom stereocenters. The fraction of sp³-hybridized carbons (Fsp3) is 0.174. The van der Waals surface area contributed by atoms with Crippen LogP contribution in [0.4, 0.5) is 4.39 Å². The Kier molecular flexibility index (Phi) is 4.31. The molecule has 0 spiro atoms. The second kappa shape index (κ2) is 7.13. The molecule has 3 heterocycles. The first kappa shape index (κ1) is 17.6. The molecule has 5 rings (SSSR count). The third-order valence-corrected chi connectivity index (χ3v) is 5.37. The number of benzene rings is 2. The highest BCUT2D eigenvalue weighted by atomic mass is 19.1. The Morgan fingerprint density at radius 3 is 2.62 bits per heavy atom. The van der Waals surface area contributed by atoms with Crippen LogP contribution in [-0.4, -0.2) is 32.1 Å². The molecule has 0 fully saturated rings. The van der Waals surface area contributed by atoms with Crippen LogP contribution in [0.25, 0.3) is 11.0 Å². The van der Waals surface area contributed by atoms with Crippen LogP contribution < -0.4 is 0 Å². The van der Waals surface area contributed by atoms with Gasteiger partial charge in [-0.3, -0.25) is 4.79 Å². The van der Waals surface area contributed by atoms with E-state index in [-0.39, 0.29) is 11.7 Å². The lowest BCUT2D eigenvalue weighted by molar-refractivity contribution is 0.0729. The summed E-state index contributed by atoms with van der Waals surface area (Å²) in [6, 6.07) is 18.2. The summed E-state index contributed by atoms with van der Waals surface area (Å²) in [5.41, 5.74) is 4.43. The largest absolute Gasteiger partial charge is 0.333 e. The number of halogens is 1. The van der Waals surface area contributed by atoms with Gasteiger partial charge in [-0.1, -0.05) is 36.4 Å². The average molecular weight is 386 g/mol. The minimum absolute atomic E-state index is 0.0876. The summed E-state index contributed by atoms with van der Waals surface area (Å²) in [5, 5.41) is 5.34. The van der Waals surface area contributed by atoms with Gasteiger partial charge in [0.1, 0.15) is 5.82 Å². The monoisotopic (exact) mass is 386 g/mol. The van der Waals surface area contributed by atoms with Crippen molar-refractivity contribution in [1.82, 2.24) is 19.7 Å². The molecule has 2 aromatic heterocycles. The molecule has 0 saturated heterocycles. The summed E-state index contributed by atoms with van der Waals surface area (Å²) in [4.78, 5) is 19.6. The summed E-state index contributed by atoms with van der Waals surface area (Å²) in [6.45, 7) is 1.67. The molecule has 0 N–H and O–H groups in total. The first-order valence-corrected chi connectivity index (χ1v) is 9.61. The molecule has 0 radical (unpaired) electrons. The maximum atomic E-state index is 13.3. The summed E-state index contributed by atoms with van der Waals surface area (Å²) in [6.07, 6.45) is 2.53. The van der Waals surface area contributed by atoms with Crippen molar-refractivity contribution in [1.29, 1.82) is 0 Å². The molecule has 6 heteroatoms. The number of amides is 1. The number of carbonyl (C=O) groups excluding carboxylic acids is 1. The van der Waals surface area contributed by atoms with E-state index in [1.54, 1.807) is 23.0 Å². The van der Waals surface area contributed by atoms with Gasteiger partial charge in [0.05, 0.1) is 11.9 Å². The number of nitrogens with zero attached hydrogens (tertiary/aromatic N) is 4. The van der Waals surface area contributed by atoms with E-state index < -0.39 is 0 Å². The number of rotatable bonds is 3. The molecule has 0 saturated carbocycles. The zero-order valence-corrected chi connectivity index (χ0v) is 15.8. The van der Waals surface area contributed by atoms with Crippen molar-refractivity contribution in [3.63, 3.8) is 0 Å². The molecule has 29 heavy (non-hydrogen) atoms. The van der Waals surface area contributed by atoms with Crippen LogP contribution in [0.1, 0.15) is 27.2 Å². The molecule has 1 aliphatic heterocycles. The van der Waals surface area contributed by atoms with Crippen molar-refractivity contribution >= 4 is 16.9 Å². The number of carbonyl (C=O) groups is 1. The van der Waals surface area contributed by atoms with Gasteiger partial charge in [-0.2, -0.15) is 5.10 Å². The van der Waals surface area contributed by atoms with Crippen molar-refractivity contribution < 1.29 is 9.18 Å². The summed E-state index contributed by atoms with van der Waals surface area (Å²) < 4.78 is 14.9. The van der Waals surface area contributed by atoms with Crippen LogP contribution in [0.5, 0.6) is 0 Å². The summed E-state index contributed by atoms with van der Waals surface area (Å²) in [7, 11) is 0. The van der Waals surface area contributed by atoms with E-state index in [4.69, 9.17) is 0 Å². The standard InChI is InChI=1S/C23H19FN4O/c24-19-9-7-16(8-10-19)14-28-22-20(6-3-12-25-22)21(26-28)23(29)27-13-11-17-4-1-2-5-18(17)15-27/h1-10,12H,11,13-15H2. The third-order valence-electron chi connectivity index (χ3n) is 5.37. The Morgan fingerprint density at radius 2 is 1.79 bits per heavy atom. The minimum Gasteiger partial charge on any atom is -0.333 e. The van der Waals surface area contributed by atoms with Crippen LogP contribution in [0, 0.1) is 5.82 Å². The third kappa shape index (κ3) is 3.27. The molecule has 0 aliphatic carbocycles. The van der Waals surface area contributed by atoms with Gasteiger partial charge in [-0.05, 0) is 47.4 Å². The van der Waals surface area contributed by atoms with Gasteiger partial charge in [0.15, 0.2) is 11.3 Å². The highest BCUT2D eigenvalue weighted by molar-refractivity contribution is 6.04. The Labute approximate surface area is 167 Å². The molecule has 0 unspecified atom stereocenters. The summed E-state index contributed by atoms with van der Waals surface area (Å²) >= 11 is 0. The van der Waals surface area contributed by atoms with Crippen molar-refractivity contribution in [2.24, 2.45) is 0 Å². The number of pyridine rings is 1. The van der Waals surface area contributed by atoms with Crippen LogP contribution >= 0.6 is 0 Å². The van der Waals surface area contributed by atoms with Gasteiger partial charge in [0.25, 0.3) is 5.91 Å². The fourth-order valence-electron chi connectivity index (χ4n) is 3.86. The average Bonchev–Trinajstić information content (AvgIpc) is 3.13. The minimum atomic E-state index is -0.279. The normalized spacial score (nSPS) is 13.5. The maximum absolute atomic E-state index is 13.3. The lowest BCUT2D eigenvalue weighted by Gasteiger charge is -2.28. The Morgan fingerprint density at radius 1 is 1.00 bits per heavy atom. The number of hydrogen-bond acceptors (Lipinski definition) is 3. The Balaban J connectivity index is 1.49. The quantitative estimate of drug-likeness (QED) is 0.538. The highest BCUT2D eigenvalue weighted by Gasteiger charge is 2.26. The molecule has 5 nitrogen and oxygen atoms in total. The zero-order valence-electron chi connectivity index (χ0n) is 15.8. The van der Waals surface area contributed by atoms with E-state index in [1.165, 1.54) is 23.3 Å².